The average Bonchev–Trinajstić information content (AvgIpc) is 3.23. The topological polar surface area (TPSA) is 98.8 Å². The van der Waals surface area contributed by atoms with Crippen molar-refractivity contribution in [2.24, 2.45) is 0 Å². The molecule has 8 nitrogen and oxygen atoms in total. The number of benzene rings is 3. The molecule has 2 amide bonds. The Balaban J connectivity index is 1.36. The fourth-order valence-electron chi connectivity index (χ4n) is 4.45. The Bertz CT molecular complexity index is 1550. The maximum atomic E-state index is 13.0. The van der Waals surface area contributed by atoms with E-state index in [0.29, 0.717) is 37.4 Å². The van der Waals surface area contributed by atoms with Gasteiger partial charge >= 0.3 is 6.18 Å². The summed E-state index contributed by atoms with van der Waals surface area (Å²) >= 11 is 0. The van der Waals surface area contributed by atoms with E-state index >= 15 is 0 Å². The van der Waals surface area contributed by atoms with E-state index in [9.17, 15) is 31.2 Å². The molecule has 3 aromatic carbocycles. The average molecular weight is 557 g/mol. The van der Waals surface area contributed by atoms with Crippen LogP contribution >= 0.6 is 0 Å². The van der Waals surface area contributed by atoms with Crippen LogP contribution in [0.15, 0.2) is 71.6 Å². The molecule has 0 radical (unpaired) electrons. The Morgan fingerprint density at radius 2 is 1.56 bits per heavy atom. The summed E-state index contributed by atoms with van der Waals surface area (Å²) < 4.78 is 66.7. The van der Waals surface area contributed by atoms with E-state index in [4.69, 9.17) is 0 Å². The molecule has 39 heavy (non-hydrogen) atoms. The number of carbonyl (C=O) groups excluding carboxylic acids is 2. The minimum absolute atomic E-state index is 0.0267. The van der Waals surface area contributed by atoms with E-state index in [1.165, 1.54) is 18.2 Å². The molecule has 0 atom stereocenters. The number of alkyl halides is 3. The number of nitrogens with one attached hydrogen (secondary N) is 2. The number of halogens is 3. The normalized spacial score (nSPS) is 16.7. The molecule has 0 spiro atoms. The molecule has 2 heterocycles. The number of hydrogen-bond acceptors (Lipinski definition) is 5. The SMILES string of the molecule is O=CN1CCN(c2ccc(C=C3C(=O)Nc4ccc(S(=O)(=O)Nc5ccc(C(F)(F)F)cc5)cc43)cc2)CC1. The van der Waals surface area contributed by atoms with E-state index in [-0.39, 0.29) is 22.1 Å². The van der Waals surface area contributed by atoms with Gasteiger partial charge in [-0.3, -0.25) is 14.3 Å². The van der Waals surface area contributed by atoms with Crippen molar-refractivity contribution in [1.29, 1.82) is 0 Å². The number of amides is 2. The zero-order valence-corrected chi connectivity index (χ0v) is 21.2. The first kappa shape index (κ1) is 26.3. The van der Waals surface area contributed by atoms with Crippen molar-refractivity contribution in [3.63, 3.8) is 0 Å². The van der Waals surface area contributed by atoms with Crippen LogP contribution in [0.3, 0.4) is 0 Å². The Hall–Kier alpha value is -4.32. The molecule has 0 bridgehead atoms. The van der Waals surface area contributed by atoms with E-state index in [1.807, 2.05) is 24.3 Å². The number of rotatable bonds is 6. The fraction of sp³-hybridized carbons (Fsp3) is 0.185. The van der Waals surface area contributed by atoms with Crippen LogP contribution in [0, 0.1) is 0 Å². The highest BCUT2D eigenvalue weighted by atomic mass is 32.2. The van der Waals surface area contributed by atoms with Gasteiger partial charge in [0.2, 0.25) is 6.41 Å². The maximum absolute atomic E-state index is 13.0. The monoisotopic (exact) mass is 556 g/mol. The molecule has 12 heteroatoms. The smallest absolute Gasteiger partial charge is 0.368 e. The zero-order valence-electron chi connectivity index (χ0n) is 20.4. The molecule has 1 fully saturated rings. The molecule has 5 rings (SSSR count). The molecule has 1 saturated heterocycles. The van der Waals surface area contributed by atoms with Crippen molar-refractivity contribution in [3.8, 4) is 0 Å². The minimum atomic E-state index is -4.54. The quantitative estimate of drug-likeness (QED) is 0.349. The second kappa shape index (κ2) is 10.1. The van der Waals surface area contributed by atoms with Crippen LogP contribution < -0.4 is 14.9 Å². The largest absolute Gasteiger partial charge is 0.416 e. The van der Waals surface area contributed by atoms with Gasteiger partial charge in [-0.1, -0.05) is 12.1 Å². The number of anilines is 3. The van der Waals surface area contributed by atoms with Crippen LogP contribution in [0.2, 0.25) is 0 Å². The number of carbonyl (C=O) groups is 2. The second-order valence-corrected chi connectivity index (χ2v) is 10.8. The Kier molecular flexibility index (Phi) is 6.81. The predicted octanol–water partition coefficient (Wildman–Crippen LogP) is 4.28. The summed E-state index contributed by atoms with van der Waals surface area (Å²) in [6.45, 7) is 2.72. The maximum Gasteiger partial charge on any atom is 0.416 e. The van der Waals surface area contributed by atoms with E-state index in [1.54, 1.807) is 11.0 Å². The predicted molar refractivity (Wildman–Crippen MR) is 141 cm³/mol. The van der Waals surface area contributed by atoms with Crippen LogP contribution in [0.25, 0.3) is 11.6 Å². The molecule has 3 aromatic rings. The lowest BCUT2D eigenvalue weighted by molar-refractivity contribution is -0.137. The van der Waals surface area contributed by atoms with Crippen molar-refractivity contribution < 1.29 is 31.2 Å². The van der Waals surface area contributed by atoms with Gasteiger partial charge in [0, 0.05) is 54.4 Å². The van der Waals surface area contributed by atoms with Gasteiger partial charge in [-0.05, 0) is 66.2 Å². The Labute approximate surface area is 222 Å². The summed E-state index contributed by atoms with van der Waals surface area (Å²) in [6.07, 6.45) is -2.03. The number of hydrogen-bond donors (Lipinski definition) is 2. The first-order valence-electron chi connectivity index (χ1n) is 12.0. The molecule has 2 aliphatic heterocycles. The van der Waals surface area contributed by atoms with Crippen molar-refractivity contribution in [1.82, 2.24) is 4.90 Å². The summed E-state index contributed by atoms with van der Waals surface area (Å²) in [5.74, 6) is -0.385. The summed E-state index contributed by atoms with van der Waals surface area (Å²) in [6, 6.07) is 15.3. The lowest BCUT2D eigenvalue weighted by Crippen LogP contribution is -2.45. The summed E-state index contributed by atoms with van der Waals surface area (Å²) in [5.41, 5.74) is 1.93. The van der Waals surface area contributed by atoms with Gasteiger partial charge in [-0.15, -0.1) is 0 Å². The van der Waals surface area contributed by atoms with Gasteiger partial charge in [-0.2, -0.15) is 13.2 Å². The molecular formula is C27H23F3N4O4S. The third kappa shape index (κ3) is 5.60. The third-order valence-corrected chi connectivity index (χ3v) is 7.96. The number of sulfonamides is 1. The highest BCUT2D eigenvalue weighted by molar-refractivity contribution is 7.92. The van der Waals surface area contributed by atoms with Crippen molar-refractivity contribution >= 4 is 51.1 Å². The van der Waals surface area contributed by atoms with Crippen molar-refractivity contribution in [3.05, 3.63) is 83.4 Å². The van der Waals surface area contributed by atoms with Gasteiger partial charge in [-0.25, -0.2) is 8.42 Å². The molecule has 0 aromatic heterocycles. The first-order valence-corrected chi connectivity index (χ1v) is 13.4. The third-order valence-electron chi connectivity index (χ3n) is 6.58. The number of piperazine rings is 1. The highest BCUT2D eigenvalue weighted by Crippen LogP contribution is 2.36. The van der Waals surface area contributed by atoms with Crippen molar-refractivity contribution in [2.75, 3.05) is 41.1 Å². The lowest BCUT2D eigenvalue weighted by atomic mass is 10.0. The van der Waals surface area contributed by atoms with Crippen LogP contribution in [0.1, 0.15) is 16.7 Å². The van der Waals surface area contributed by atoms with Crippen molar-refractivity contribution in [2.45, 2.75) is 11.1 Å². The molecule has 2 N–H and O–H groups in total. The lowest BCUT2D eigenvalue weighted by Gasteiger charge is -2.34. The van der Waals surface area contributed by atoms with Gasteiger partial charge in [0.1, 0.15) is 0 Å². The highest BCUT2D eigenvalue weighted by Gasteiger charge is 2.30. The number of nitrogens with zero attached hydrogens (tertiary/aromatic N) is 2. The molecule has 2 aliphatic rings. The van der Waals surface area contributed by atoms with Gasteiger partial charge in [0.25, 0.3) is 15.9 Å². The molecule has 0 aliphatic carbocycles. The van der Waals surface area contributed by atoms with Gasteiger partial charge in [0.05, 0.1) is 10.5 Å². The number of fused-ring (bicyclic) bond motifs is 1. The van der Waals surface area contributed by atoms with Crippen LogP contribution in [0.4, 0.5) is 30.2 Å². The van der Waals surface area contributed by atoms with E-state index in [0.717, 1.165) is 41.9 Å². The Morgan fingerprint density at radius 1 is 0.897 bits per heavy atom. The van der Waals surface area contributed by atoms with E-state index < -0.39 is 21.8 Å². The second-order valence-electron chi connectivity index (χ2n) is 9.12. The van der Waals surface area contributed by atoms with Crippen LogP contribution in [0.5, 0.6) is 0 Å². The molecule has 202 valence electrons. The van der Waals surface area contributed by atoms with Crippen LogP contribution in [-0.2, 0) is 25.8 Å². The molecule has 0 saturated carbocycles. The van der Waals surface area contributed by atoms with Gasteiger partial charge < -0.3 is 15.1 Å². The standard InChI is InChI=1S/C27H23F3N4O4S/c28-27(29,30)19-3-5-20(6-4-19)32-39(37,38)22-9-10-25-23(16-22)24(26(36)31-25)15-18-1-7-21(8-2-18)34-13-11-33(17-35)12-14-34/h1-10,15-17,32H,11-14H2,(H,31,36). The Morgan fingerprint density at radius 3 is 2.18 bits per heavy atom. The summed E-state index contributed by atoms with van der Waals surface area (Å²) in [4.78, 5) is 27.4. The minimum Gasteiger partial charge on any atom is -0.368 e. The van der Waals surface area contributed by atoms with E-state index in [2.05, 4.69) is 14.9 Å². The fourth-order valence-corrected chi connectivity index (χ4v) is 5.54. The summed E-state index contributed by atoms with van der Waals surface area (Å²) in [7, 11) is -4.15. The van der Waals surface area contributed by atoms with Gasteiger partial charge in [0.15, 0.2) is 0 Å². The molecule has 0 unspecified atom stereocenters. The zero-order chi connectivity index (χ0) is 27.8. The van der Waals surface area contributed by atoms with Crippen LogP contribution in [-0.4, -0.2) is 51.8 Å². The molecular weight excluding hydrogens is 533 g/mol. The summed E-state index contributed by atoms with van der Waals surface area (Å²) in [5, 5.41) is 2.72. The first-order chi connectivity index (χ1) is 18.5.